The number of Topliss-reactive ketones (excluding diaryl/α,β-unsaturated/α-hetero) is 1. The number of ketones is 1. The molecule has 5 heteroatoms. The summed E-state index contributed by atoms with van der Waals surface area (Å²) in [4.78, 5) is 12.0. The van der Waals surface area contributed by atoms with Crippen LogP contribution in [0.2, 0.25) is 0 Å². The summed E-state index contributed by atoms with van der Waals surface area (Å²) in [6.07, 6.45) is 1.47. The van der Waals surface area contributed by atoms with Crippen LogP contribution in [0.1, 0.15) is 29.6 Å². The quantitative estimate of drug-likeness (QED) is 0.780. The molecule has 3 nitrogen and oxygen atoms in total. The number of carbonyl (C=O) groups is 1. The highest BCUT2D eigenvalue weighted by molar-refractivity contribution is 6.00. The normalized spacial score (nSPS) is 19.6. The number of ether oxygens (including phenoxy) is 2. The van der Waals surface area contributed by atoms with E-state index in [-0.39, 0.29) is 5.75 Å². The van der Waals surface area contributed by atoms with Crippen LogP contribution in [-0.4, -0.2) is 25.6 Å². The van der Waals surface area contributed by atoms with Crippen molar-refractivity contribution >= 4 is 5.78 Å². The standard InChI is InChI=1S/C13H14F2O3/c1-17-8-6-9(14)12(10(15)7-8)13(16)11-4-2-3-5-18-11/h6-7,11H,2-5H2,1H3. The van der Waals surface area contributed by atoms with Gasteiger partial charge in [0, 0.05) is 18.7 Å². The van der Waals surface area contributed by atoms with Gasteiger partial charge in [0.2, 0.25) is 0 Å². The van der Waals surface area contributed by atoms with E-state index in [1.807, 2.05) is 0 Å². The molecular weight excluding hydrogens is 242 g/mol. The first-order chi connectivity index (χ1) is 8.63. The lowest BCUT2D eigenvalue weighted by molar-refractivity contribution is 0.0180. The number of carbonyl (C=O) groups excluding carboxylic acids is 1. The molecule has 0 aliphatic carbocycles. The zero-order valence-electron chi connectivity index (χ0n) is 10.0. The minimum atomic E-state index is -0.911. The van der Waals surface area contributed by atoms with Gasteiger partial charge < -0.3 is 9.47 Å². The predicted molar refractivity (Wildman–Crippen MR) is 60.8 cm³/mol. The highest BCUT2D eigenvalue weighted by atomic mass is 19.1. The van der Waals surface area contributed by atoms with Crippen molar-refractivity contribution in [2.45, 2.75) is 25.4 Å². The molecule has 1 fully saturated rings. The molecule has 0 spiro atoms. The van der Waals surface area contributed by atoms with Crippen LogP contribution in [0.15, 0.2) is 12.1 Å². The summed E-state index contributed by atoms with van der Waals surface area (Å²) in [6, 6.07) is 2.00. The van der Waals surface area contributed by atoms with E-state index < -0.39 is 29.1 Å². The molecule has 1 aromatic rings. The van der Waals surface area contributed by atoms with Crippen LogP contribution in [0.3, 0.4) is 0 Å². The SMILES string of the molecule is COc1cc(F)c(C(=O)C2CCCCO2)c(F)c1. The molecule has 0 radical (unpaired) electrons. The summed E-state index contributed by atoms with van der Waals surface area (Å²) in [5.41, 5.74) is -0.539. The molecule has 0 N–H and O–H groups in total. The Bertz CT molecular complexity index is 431. The van der Waals surface area contributed by atoms with Gasteiger partial charge in [-0.2, -0.15) is 0 Å². The zero-order valence-corrected chi connectivity index (χ0v) is 10.0. The fourth-order valence-corrected chi connectivity index (χ4v) is 2.01. The van der Waals surface area contributed by atoms with Gasteiger partial charge in [-0.25, -0.2) is 8.78 Å². The number of hydrogen-bond acceptors (Lipinski definition) is 3. The Morgan fingerprint density at radius 1 is 1.33 bits per heavy atom. The van der Waals surface area contributed by atoms with Crippen LogP contribution in [0.5, 0.6) is 5.75 Å². The first kappa shape index (κ1) is 13.0. The Balaban J connectivity index is 2.29. The molecule has 1 aromatic carbocycles. The average molecular weight is 256 g/mol. The Morgan fingerprint density at radius 2 is 2.00 bits per heavy atom. The third kappa shape index (κ3) is 2.51. The molecule has 98 valence electrons. The van der Waals surface area contributed by atoms with E-state index in [1.54, 1.807) is 0 Å². The molecule has 1 atom stereocenters. The van der Waals surface area contributed by atoms with E-state index in [1.165, 1.54) is 7.11 Å². The zero-order chi connectivity index (χ0) is 13.1. The maximum absolute atomic E-state index is 13.7. The molecule has 1 aliphatic rings. The van der Waals surface area contributed by atoms with Crippen molar-refractivity contribution in [1.29, 1.82) is 0 Å². The van der Waals surface area contributed by atoms with Crippen LogP contribution in [-0.2, 0) is 4.74 Å². The summed E-state index contributed by atoms with van der Waals surface area (Å²) < 4.78 is 37.4. The minimum absolute atomic E-state index is 0.0473. The molecule has 2 rings (SSSR count). The van der Waals surface area contributed by atoms with E-state index in [4.69, 9.17) is 9.47 Å². The summed E-state index contributed by atoms with van der Waals surface area (Å²) in [7, 11) is 1.31. The second-order valence-corrected chi connectivity index (χ2v) is 4.19. The van der Waals surface area contributed by atoms with Crippen molar-refractivity contribution < 1.29 is 23.0 Å². The first-order valence-electron chi connectivity index (χ1n) is 5.82. The van der Waals surface area contributed by atoms with E-state index in [0.717, 1.165) is 25.0 Å². The number of hydrogen-bond donors (Lipinski definition) is 0. The van der Waals surface area contributed by atoms with Crippen molar-refractivity contribution in [3.05, 3.63) is 29.3 Å². The molecule has 18 heavy (non-hydrogen) atoms. The minimum Gasteiger partial charge on any atom is -0.497 e. The first-order valence-corrected chi connectivity index (χ1v) is 5.82. The lowest BCUT2D eigenvalue weighted by atomic mass is 9.99. The predicted octanol–water partition coefficient (Wildman–Crippen LogP) is 2.73. The summed E-state index contributed by atoms with van der Waals surface area (Å²) in [6.45, 7) is 0.454. The lowest BCUT2D eigenvalue weighted by Gasteiger charge is -2.21. The van der Waals surface area contributed by atoms with Crippen molar-refractivity contribution in [1.82, 2.24) is 0 Å². The van der Waals surface area contributed by atoms with Crippen LogP contribution < -0.4 is 4.74 Å². The molecule has 0 amide bonds. The van der Waals surface area contributed by atoms with Crippen LogP contribution in [0.25, 0.3) is 0 Å². The van der Waals surface area contributed by atoms with Gasteiger partial charge in [0.05, 0.1) is 12.7 Å². The highest BCUT2D eigenvalue weighted by Crippen LogP contribution is 2.24. The molecule has 1 aliphatic heterocycles. The van der Waals surface area contributed by atoms with Crippen molar-refractivity contribution in [2.24, 2.45) is 0 Å². The Morgan fingerprint density at radius 3 is 2.50 bits per heavy atom. The molecule has 1 unspecified atom stereocenters. The van der Waals surface area contributed by atoms with Gasteiger partial charge in [-0.3, -0.25) is 4.79 Å². The Labute approximate surface area is 104 Å². The maximum atomic E-state index is 13.7. The highest BCUT2D eigenvalue weighted by Gasteiger charge is 2.28. The summed E-state index contributed by atoms with van der Waals surface area (Å²) >= 11 is 0. The second-order valence-electron chi connectivity index (χ2n) is 4.19. The fourth-order valence-electron chi connectivity index (χ4n) is 2.01. The summed E-state index contributed by atoms with van der Waals surface area (Å²) in [5, 5.41) is 0. The van der Waals surface area contributed by atoms with Crippen LogP contribution in [0.4, 0.5) is 8.78 Å². The second kappa shape index (κ2) is 5.44. The Kier molecular flexibility index (Phi) is 3.91. The molecule has 1 heterocycles. The van der Waals surface area contributed by atoms with Gasteiger partial charge in [-0.15, -0.1) is 0 Å². The molecule has 0 bridgehead atoms. The van der Waals surface area contributed by atoms with Crippen LogP contribution >= 0.6 is 0 Å². The average Bonchev–Trinajstić information content (AvgIpc) is 2.38. The van der Waals surface area contributed by atoms with Crippen LogP contribution in [0, 0.1) is 11.6 Å². The van der Waals surface area contributed by atoms with Crippen molar-refractivity contribution in [3.8, 4) is 5.75 Å². The van der Waals surface area contributed by atoms with Gasteiger partial charge in [0.15, 0.2) is 5.78 Å². The van der Waals surface area contributed by atoms with E-state index in [9.17, 15) is 13.6 Å². The van der Waals surface area contributed by atoms with Gasteiger partial charge in [0.1, 0.15) is 23.5 Å². The maximum Gasteiger partial charge on any atom is 0.197 e. The summed E-state index contributed by atoms with van der Waals surface area (Å²) in [5.74, 6) is -2.41. The fraction of sp³-hybridized carbons (Fsp3) is 0.462. The molecule has 0 aromatic heterocycles. The van der Waals surface area contributed by atoms with E-state index in [0.29, 0.717) is 13.0 Å². The van der Waals surface area contributed by atoms with Gasteiger partial charge in [0.25, 0.3) is 0 Å². The number of halogens is 2. The van der Waals surface area contributed by atoms with E-state index >= 15 is 0 Å². The third-order valence-corrected chi connectivity index (χ3v) is 2.97. The van der Waals surface area contributed by atoms with Gasteiger partial charge in [-0.05, 0) is 19.3 Å². The topological polar surface area (TPSA) is 35.5 Å². The molecule has 1 saturated heterocycles. The van der Waals surface area contributed by atoms with Crippen molar-refractivity contribution in [2.75, 3.05) is 13.7 Å². The van der Waals surface area contributed by atoms with E-state index in [2.05, 4.69) is 0 Å². The van der Waals surface area contributed by atoms with Crippen molar-refractivity contribution in [3.63, 3.8) is 0 Å². The lowest BCUT2D eigenvalue weighted by Crippen LogP contribution is -2.29. The molecule has 0 saturated carbocycles. The largest absolute Gasteiger partial charge is 0.497 e. The molecular formula is C13H14F2O3. The van der Waals surface area contributed by atoms with Gasteiger partial charge >= 0.3 is 0 Å². The number of methoxy groups -OCH3 is 1. The third-order valence-electron chi connectivity index (χ3n) is 2.97. The monoisotopic (exact) mass is 256 g/mol. The van der Waals surface area contributed by atoms with Gasteiger partial charge in [-0.1, -0.05) is 0 Å². The smallest absolute Gasteiger partial charge is 0.197 e. The number of benzene rings is 1. The Hall–Kier alpha value is -1.49. The number of rotatable bonds is 3.